The van der Waals surface area contributed by atoms with E-state index in [-0.39, 0.29) is 33.1 Å². The van der Waals surface area contributed by atoms with Crippen molar-refractivity contribution in [3.63, 3.8) is 0 Å². The summed E-state index contributed by atoms with van der Waals surface area (Å²) in [7, 11) is -0.497. The fourth-order valence-electron chi connectivity index (χ4n) is 7.67. The zero-order valence-electron chi connectivity index (χ0n) is 41.7. The van der Waals surface area contributed by atoms with Gasteiger partial charge in [0.15, 0.2) is 0 Å². The van der Waals surface area contributed by atoms with Crippen LogP contribution in [-0.4, -0.2) is 21.4 Å². The maximum atomic E-state index is 11.4. The topological polar surface area (TPSA) is 96.0 Å². The second-order valence-electron chi connectivity index (χ2n) is 21.6. The van der Waals surface area contributed by atoms with Gasteiger partial charge in [-0.15, -0.1) is 0 Å². The lowest BCUT2D eigenvalue weighted by atomic mass is 9.79. The predicted molar refractivity (Wildman–Crippen MR) is 283 cm³/mol. The van der Waals surface area contributed by atoms with Gasteiger partial charge in [0, 0.05) is 40.6 Å². The van der Waals surface area contributed by atoms with Crippen LogP contribution in [0.4, 0.5) is 11.4 Å². The van der Waals surface area contributed by atoms with Gasteiger partial charge in [-0.3, -0.25) is 15.1 Å². The quantitative estimate of drug-likeness (QED) is 0.0471. The smallest absolute Gasteiger partial charge is 0.269 e. The molecule has 0 fully saturated rings. The largest absolute Gasteiger partial charge is 0.507 e. The number of aromatic hydroxyl groups is 2. The Kier molecular flexibility index (Phi) is 16.1. The minimum absolute atomic E-state index is 0.00893. The molecule has 2 N–H and O–H groups in total. The number of nitro groups is 1. The molecule has 0 spiro atoms. The highest BCUT2D eigenvalue weighted by Gasteiger charge is 2.26. The molecule has 6 rings (SSSR count). The lowest BCUT2D eigenvalue weighted by Crippen LogP contribution is -2.17. The Morgan fingerprint density at radius 3 is 1.48 bits per heavy atom. The number of phenolic OH excluding ortho intramolecular Hbond substituents is 2. The molecule has 0 aromatic heterocycles. The molecule has 0 atom stereocenters. The molecule has 0 saturated heterocycles. The summed E-state index contributed by atoms with van der Waals surface area (Å²) in [6.45, 7) is 29.8. The summed E-state index contributed by atoms with van der Waals surface area (Å²) in [5.74, 6) is 0.607. The maximum Gasteiger partial charge on any atom is 0.269 e. The molecule has 0 aliphatic carbocycles. The molecule has 7 heteroatoms. The van der Waals surface area contributed by atoms with Crippen LogP contribution in [0.3, 0.4) is 0 Å². The normalized spacial score (nSPS) is 12.5. The van der Waals surface area contributed by atoms with Crippen molar-refractivity contribution in [1.82, 2.24) is 0 Å². The number of aliphatic imine (C=N–C) groups is 1. The minimum atomic E-state index is -0.497. The molecule has 6 aromatic carbocycles. The number of nitrogens with zero attached hydrogens (tertiary/aromatic N) is 2. The molecule has 346 valence electrons. The fourth-order valence-corrected chi connectivity index (χ4v) is 10.3. The maximum absolute atomic E-state index is 11.4. The number of aryl methyl sites for hydroxylation is 2. The van der Waals surface area contributed by atoms with E-state index in [2.05, 4.69) is 204 Å². The van der Waals surface area contributed by atoms with Gasteiger partial charge in [-0.1, -0.05) is 200 Å². The summed E-state index contributed by atoms with van der Waals surface area (Å²) in [6.07, 6.45) is 8.04. The Hall–Kier alpha value is -5.84. The molecular formula is C59H71N2O4P. The van der Waals surface area contributed by atoms with Crippen molar-refractivity contribution in [1.29, 1.82) is 0 Å². The van der Waals surface area contributed by atoms with Crippen LogP contribution in [0.25, 0.3) is 12.2 Å². The highest BCUT2D eigenvalue weighted by Crippen LogP contribution is 2.45. The van der Waals surface area contributed by atoms with Crippen LogP contribution in [0, 0.1) is 24.0 Å². The predicted octanol–water partition coefficient (Wildman–Crippen LogP) is 15.9. The van der Waals surface area contributed by atoms with Gasteiger partial charge in [0.1, 0.15) is 11.5 Å². The van der Waals surface area contributed by atoms with E-state index in [1.807, 2.05) is 6.07 Å². The molecule has 0 unspecified atom stereocenters. The number of rotatable bonds is 10. The number of phenols is 2. The van der Waals surface area contributed by atoms with E-state index in [0.717, 1.165) is 34.6 Å². The molecule has 0 aliphatic heterocycles. The second kappa shape index (κ2) is 20.8. The number of hydrogen-bond acceptors (Lipinski definition) is 5. The van der Waals surface area contributed by atoms with Crippen molar-refractivity contribution >= 4 is 43.0 Å². The van der Waals surface area contributed by atoms with Gasteiger partial charge in [-0.25, -0.2) is 0 Å². The van der Waals surface area contributed by atoms with E-state index in [4.69, 9.17) is 0 Å². The van der Waals surface area contributed by atoms with Gasteiger partial charge < -0.3 is 10.2 Å². The lowest BCUT2D eigenvalue weighted by Gasteiger charge is -2.27. The van der Waals surface area contributed by atoms with Crippen LogP contribution in [0.15, 0.2) is 126 Å². The summed E-state index contributed by atoms with van der Waals surface area (Å²) < 4.78 is 0. The number of nitro benzene ring substituents is 1. The van der Waals surface area contributed by atoms with Crippen molar-refractivity contribution in [3.8, 4) is 11.5 Å². The van der Waals surface area contributed by atoms with Crippen LogP contribution in [0.2, 0.25) is 0 Å². The summed E-state index contributed by atoms with van der Waals surface area (Å²) >= 11 is 0. The van der Waals surface area contributed by atoms with Gasteiger partial charge in [0.05, 0.1) is 10.6 Å². The zero-order valence-corrected chi connectivity index (χ0v) is 42.6. The van der Waals surface area contributed by atoms with Gasteiger partial charge in [0.25, 0.3) is 5.69 Å². The highest BCUT2D eigenvalue weighted by atomic mass is 31.1. The minimum Gasteiger partial charge on any atom is -0.507 e. The van der Waals surface area contributed by atoms with Crippen LogP contribution < -0.4 is 5.30 Å². The Labute approximate surface area is 396 Å². The average molecular weight is 903 g/mol. The number of hydrogen-bond donors (Lipinski definition) is 2. The Bertz CT molecular complexity index is 2650. The first-order chi connectivity index (χ1) is 30.7. The molecule has 0 saturated carbocycles. The summed E-state index contributed by atoms with van der Waals surface area (Å²) in [5.41, 5.74) is 12.0. The van der Waals surface area contributed by atoms with Crippen LogP contribution in [-0.2, 0) is 34.0 Å². The molecule has 6 aromatic rings. The number of benzene rings is 6. The van der Waals surface area contributed by atoms with Crippen LogP contribution in [0.5, 0.6) is 11.5 Å². The molecule has 6 nitrogen and oxygen atoms in total. The van der Waals surface area contributed by atoms with Gasteiger partial charge in [0.2, 0.25) is 0 Å². The fraction of sp³-hybridized carbons (Fsp3) is 0.339. The molecular weight excluding hydrogens is 832 g/mol. The van der Waals surface area contributed by atoms with Crippen molar-refractivity contribution in [3.05, 3.63) is 193 Å². The van der Waals surface area contributed by atoms with Crippen molar-refractivity contribution < 1.29 is 15.1 Å². The molecule has 66 heavy (non-hydrogen) atoms. The third-order valence-electron chi connectivity index (χ3n) is 11.8. The van der Waals surface area contributed by atoms with Crippen molar-refractivity contribution in [2.75, 3.05) is 0 Å². The Morgan fingerprint density at radius 2 is 1.03 bits per heavy atom. The summed E-state index contributed by atoms with van der Waals surface area (Å²) in [6, 6.07) is 41.5. The molecule has 0 bridgehead atoms. The first-order valence-corrected chi connectivity index (χ1v) is 24.6. The van der Waals surface area contributed by atoms with Gasteiger partial charge in [-0.2, -0.15) is 0 Å². The van der Waals surface area contributed by atoms with Crippen molar-refractivity contribution in [2.24, 2.45) is 4.99 Å². The van der Waals surface area contributed by atoms with Crippen LogP contribution >= 0.6 is 7.92 Å². The SMILES string of the molecule is Cc1cc([N+](=O)[O-])ccc1N=Cc1cc(C(C)(C)C)cc(C(C)(C)C)c1O.Cc1ccc(/C=C/c2cc(C(C)(C)C)cc(C(C)(C)C)c2O)c(P(Cc2ccccc2)Cc2ccccc2)c1. The standard InChI is InChI=1S/C37H43OP.C22H28N2O3/c1-27-18-19-30(20-21-31-23-32(36(2,3)4)24-33(35(31)38)37(5,6)7)34(22-27)39(25-28-14-10-8-11-15-28)26-29-16-12-9-13-17-29;1-14-10-17(24(26)27)8-9-19(14)23-13-15-11-16(21(2,3)4)12-18(20(15)25)22(5,6)7/h8-24,38H,25-26H2,1-7H3;8-13,25H,1-7H3/b21-20+;. The van der Waals surface area contributed by atoms with E-state index in [9.17, 15) is 20.3 Å². The van der Waals surface area contributed by atoms with Crippen molar-refractivity contribution in [2.45, 2.75) is 131 Å². The van der Waals surface area contributed by atoms with E-state index >= 15 is 0 Å². The van der Waals surface area contributed by atoms with E-state index in [1.54, 1.807) is 19.2 Å². The Morgan fingerprint density at radius 1 is 0.561 bits per heavy atom. The van der Waals surface area contributed by atoms with E-state index < -0.39 is 12.8 Å². The summed E-state index contributed by atoms with van der Waals surface area (Å²) in [5, 5.41) is 34.5. The Balaban J connectivity index is 0.000000265. The highest BCUT2D eigenvalue weighted by molar-refractivity contribution is 7.64. The zero-order chi connectivity index (χ0) is 48.8. The average Bonchev–Trinajstić information content (AvgIpc) is 3.22. The number of non-ortho nitro benzene ring substituents is 1. The molecule has 0 amide bonds. The first kappa shape index (κ1) is 51.1. The van der Waals surface area contributed by atoms with Gasteiger partial charge >= 0.3 is 0 Å². The third kappa shape index (κ3) is 13.6. The van der Waals surface area contributed by atoms with Gasteiger partial charge in [-0.05, 0) is 105 Å². The monoisotopic (exact) mass is 903 g/mol. The van der Waals surface area contributed by atoms with Crippen LogP contribution in [0.1, 0.15) is 144 Å². The molecule has 0 heterocycles. The van der Waals surface area contributed by atoms with E-state index in [0.29, 0.717) is 22.6 Å². The second-order valence-corrected chi connectivity index (χ2v) is 23.8. The lowest BCUT2D eigenvalue weighted by molar-refractivity contribution is -0.384. The van der Waals surface area contributed by atoms with E-state index in [1.165, 1.54) is 45.3 Å². The molecule has 0 radical (unpaired) electrons. The first-order valence-electron chi connectivity index (χ1n) is 22.9. The molecule has 0 aliphatic rings. The third-order valence-corrected chi connectivity index (χ3v) is 14.3. The summed E-state index contributed by atoms with van der Waals surface area (Å²) in [4.78, 5) is 14.9.